The Kier molecular flexibility index (Phi) is 6.24. The highest BCUT2D eigenvalue weighted by Crippen LogP contribution is 2.22. The summed E-state index contributed by atoms with van der Waals surface area (Å²) >= 11 is 0. The van der Waals surface area contributed by atoms with Gasteiger partial charge < -0.3 is 0 Å². The number of nitrogens with zero attached hydrogens (tertiary/aromatic N) is 3. The maximum Gasteiger partial charge on any atom is 0.243 e. The van der Waals surface area contributed by atoms with Crippen molar-refractivity contribution >= 4 is 20.0 Å². The van der Waals surface area contributed by atoms with Crippen LogP contribution in [0.25, 0.3) is 5.69 Å². The van der Waals surface area contributed by atoms with E-state index in [9.17, 15) is 16.8 Å². The van der Waals surface area contributed by atoms with Gasteiger partial charge in [0.25, 0.3) is 0 Å². The molecule has 0 aliphatic carbocycles. The van der Waals surface area contributed by atoms with Crippen LogP contribution in [0.5, 0.6) is 0 Å². The van der Waals surface area contributed by atoms with Gasteiger partial charge in [-0.05, 0) is 60.9 Å². The maximum absolute atomic E-state index is 12.7. The van der Waals surface area contributed by atoms with E-state index in [4.69, 9.17) is 0 Å². The fourth-order valence-electron chi connectivity index (χ4n) is 3.49. The van der Waals surface area contributed by atoms with Crippen molar-refractivity contribution in [3.8, 4) is 5.69 Å². The van der Waals surface area contributed by atoms with Crippen LogP contribution in [-0.2, 0) is 26.6 Å². The van der Waals surface area contributed by atoms with Gasteiger partial charge in [-0.25, -0.2) is 26.2 Å². The van der Waals surface area contributed by atoms with E-state index in [2.05, 4.69) is 9.82 Å². The van der Waals surface area contributed by atoms with Crippen molar-refractivity contribution in [3.63, 3.8) is 0 Å². The van der Waals surface area contributed by atoms with Crippen LogP contribution in [0.1, 0.15) is 24.8 Å². The lowest BCUT2D eigenvalue weighted by molar-refractivity contribution is 0.346. The third-order valence-electron chi connectivity index (χ3n) is 5.26. The standard InChI is InChI=1S/C21H24N4O4S2/c26-30(27,23-17-18-5-7-19(8-6-18)25-16-4-13-22-25)20-9-11-21(12-10-20)31(28,29)24-14-2-1-3-15-24/h4-13,16,23H,1-3,14-15,17H2. The van der Waals surface area contributed by atoms with Gasteiger partial charge in [-0.2, -0.15) is 9.40 Å². The van der Waals surface area contributed by atoms with E-state index in [0.717, 1.165) is 30.5 Å². The summed E-state index contributed by atoms with van der Waals surface area (Å²) in [7, 11) is -7.37. The van der Waals surface area contributed by atoms with Crippen LogP contribution in [0.2, 0.25) is 0 Å². The van der Waals surface area contributed by atoms with Gasteiger partial charge >= 0.3 is 0 Å². The Morgan fingerprint density at radius 2 is 1.48 bits per heavy atom. The van der Waals surface area contributed by atoms with Gasteiger partial charge in [0, 0.05) is 32.0 Å². The molecule has 1 saturated heterocycles. The van der Waals surface area contributed by atoms with Crippen molar-refractivity contribution in [2.45, 2.75) is 35.6 Å². The summed E-state index contributed by atoms with van der Waals surface area (Å²) in [5.41, 5.74) is 1.67. The number of nitrogens with one attached hydrogen (secondary N) is 1. The molecule has 0 spiro atoms. The van der Waals surface area contributed by atoms with E-state index in [1.54, 1.807) is 10.9 Å². The number of hydrogen-bond acceptors (Lipinski definition) is 5. The molecule has 1 aliphatic heterocycles. The highest BCUT2D eigenvalue weighted by Gasteiger charge is 2.26. The molecule has 1 aromatic heterocycles. The molecular formula is C21H24N4O4S2. The first-order valence-corrected chi connectivity index (χ1v) is 13.0. The van der Waals surface area contributed by atoms with Crippen molar-refractivity contribution in [2.75, 3.05) is 13.1 Å². The molecule has 10 heteroatoms. The smallest absolute Gasteiger partial charge is 0.241 e. The second-order valence-electron chi connectivity index (χ2n) is 7.38. The molecule has 2 aromatic carbocycles. The fourth-order valence-corrected chi connectivity index (χ4v) is 6.03. The van der Waals surface area contributed by atoms with Crippen LogP contribution in [0.4, 0.5) is 0 Å². The van der Waals surface area contributed by atoms with Gasteiger partial charge in [-0.3, -0.25) is 0 Å². The van der Waals surface area contributed by atoms with Gasteiger partial charge in [0.2, 0.25) is 20.0 Å². The molecule has 164 valence electrons. The summed E-state index contributed by atoms with van der Waals surface area (Å²) in [6.45, 7) is 1.13. The van der Waals surface area contributed by atoms with Crippen LogP contribution in [0, 0.1) is 0 Å². The molecule has 1 N–H and O–H groups in total. The van der Waals surface area contributed by atoms with Crippen LogP contribution in [0.3, 0.4) is 0 Å². The normalized spacial score (nSPS) is 15.7. The van der Waals surface area contributed by atoms with Crippen molar-refractivity contribution in [2.24, 2.45) is 0 Å². The molecule has 0 amide bonds. The molecule has 0 atom stereocenters. The minimum absolute atomic E-state index is 0.0262. The Bertz CT molecular complexity index is 1220. The molecular weight excluding hydrogens is 436 g/mol. The quantitative estimate of drug-likeness (QED) is 0.584. The second kappa shape index (κ2) is 8.91. The number of aromatic nitrogens is 2. The van der Waals surface area contributed by atoms with E-state index in [1.807, 2.05) is 36.5 Å². The zero-order valence-corrected chi connectivity index (χ0v) is 18.5. The maximum atomic E-state index is 12.7. The minimum atomic E-state index is -3.77. The van der Waals surface area contributed by atoms with Crippen LogP contribution in [0.15, 0.2) is 76.8 Å². The Morgan fingerprint density at radius 3 is 2.10 bits per heavy atom. The molecule has 3 aromatic rings. The number of sulfonamides is 2. The van der Waals surface area contributed by atoms with Crippen LogP contribution < -0.4 is 4.72 Å². The SMILES string of the molecule is O=S(=O)(NCc1ccc(-n2cccn2)cc1)c1ccc(S(=O)(=O)N2CCCCC2)cc1. The summed E-state index contributed by atoms with van der Waals surface area (Å²) in [6, 6.07) is 14.6. The number of piperidine rings is 1. The first-order chi connectivity index (χ1) is 14.9. The molecule has 0 saturated carbocycles. The second-order valence-corrected chi connectivity index (χ2v) is 11.1. The molecule has 0 unspecified atom stereocenters. The van der Waals surface area contributed by atoms with Crippen LogP contribution >= 0.6 is 0 Å². The Hall–Kier alpha value is -2.53. The summed E-state index contributed by atoms with van der Waals surface area (Å²) < 4.78 is 56.5. The molecule has 1 aliphatic rings. The Labute approximate surface area is 182 Å². The van der Waals surface area contributed by atoms with Crippen molar-refractivity contribution < 1.29 is 16.8 Å². The molecule has 8 nitrogen and oxygen atoms in total. The van der Waals surface area contributed by atoms with E-state index in [-0.39, 0.29) is 16.3 Å². The summed E-state index contributed by atoms with van der Waals surface area (Å²) in [5, 5.41) is 4.15. The Balaban J connectivity index is 1.43. The summed E-state index contributed by atoms with van der Waals surface area (Å²) in [5.74, 6) is 0. The van der Waals surface area contributed by atoms with Crippen LogP contribution in [-0.4, -0.2) is 44.0 Å². The first-order valence-electron chi connectivity index (χ1n) is 10.1. The lowest BCUT2D eigenvalue weighted by Crippen LogP contribution is -2.35. The zero-order valence-electron chi connectivity index (χ0n) is 16.9. The predicted octanol–water partition coefficient (Wildman–Crippen LogP) is 2.53. The molecule has 0 bridgehead atoms. The zero-order chi connectivity index (χ0) is 21.9. The first kappa shape index (κ1) is 21.7. The third kappa shape index (κ3) is 4.87. The Morgan fingerprint density at radius 1 is 0.839 bits per heavy atom. The average Bonchev–Trinajstić information content (AvgIpc) is 3.34. The molecule has 0 radical (unpaired) electrons. The third-order valence-corrected chi connectivity index (χ3v) is 8.59. The molecule has 2 heterocycles. The van der Waals surface area contributed by atoms with E-state index >= 15 is 0 Å². The summed E-state index contributed by atoms with van der Waals surface area (Å²) in [6.07, 6.45) is 6.23. The topological polar surface area (TPSA) is 101 Å². The average molecular weight is 461 g/mol. The predicted molar refractivity (Wildman–Crippen MR) is 117 cm³/mol. The lowest BCUT2D eigenvalue weighted by atomic mass is 10.2. The minimum Gasteiger partial charge on any atom is -0.241 e. The monoisotopic (exact) mass is 460 g/mol. The van der Waals surface area contributed by atoms with Gasteiger partial charge in [0.1, 0.15) is 0 Å². The van der Waals surface area contributed by atoms with Crippen molar-refractivity contribution in [3.05, 3.63) is 72.6 Å². The number of rotatable bonds is 7. The number of hydrogen-bond donors (Lipinski definition) is 1. The van der Waals surface area contributed by atoms with Gasteiger partial charge in [0.15, 0.2) is 0 Å². The molecule has 1 fully saturated rings. The van der Waals surface area contributed by atoms with Crippen molar-refractivity contribution in [1.82, 2.24) is 18.8 Å². The van der Waals surface area contributed by atoms with E-state index < -0.39 is 20.0 Å². The fraction of sp³-hybridized carbons (Fsp3) is 0.286. The molecule has 31 heavy (non-hydrogen) atoms. The van der Waals surface area contributed by atoms with Gasteiger partial charge in [-0.15, -0.1) is 0 Å². The van der Waals surface area contributed by atoms with Gasteiger partial charge in [-0.1, -0.05) is 18.6 Å². The van der Waals surface area contributed by atoms with E-state index in [0.29, 0.717) is 13.1 Å². The largest absolute Gasteiger partial charge is 0.243 e. The molecule has 4 rings (SSSR count). The highest BCUT2D eigenvalue weighted by atomic mass is 32.2. The number of benzene rings is 2. The van der Waals surface area contributed by atoms with Crippen molar-refractivity contribution in [1.29, 1.82) is 0 Å². The summed E-state index contributed by atoms with van der Waals surface area (Å²) in [4.78, 5) is 0.140. The highest BCUT2D eigenvalue weighted by molar-refractivity contribution is 7.89. The lowest BCUT2D eigenvalue weighted by Gasteiger charge is -2.25. The van der Waals surface area contributed by atoms with Gasteiger partial charge in [0.05, 0.1) is 15.5 Å². The van der Waals surface area contributed by atoms with E-state index in [1.165, 1.54) is 28.6 Å².